The van der Waals surface area contributed by atoms with Gasteiger partial charge in [0.05, 0.1) is 0 Å². The lowest BCUT2D eigenvalue weighted by Gasteiger charge is -2.28. The van der Waals surface area contributed by atoms with Gasteiger partial charge in [0.1, 0.15) is 5.54 Å². The van der Waals surface area contributed by atoms with Crippen LogP contribution in [-0.4, -0.2) is 29.7 Å². The maximum atomic E-state index is 11.0. The van der Waals surface area contributed by atoms with E-state index in [-0.39, 0.29) is 0 Å². The molecule has 1 aliphatic rings. The second-order valence-corrected chi connectivity index (χ2v) is 4.52. The highest BCUT2D eigenvalue weighted by Crippen LogP contribution is 2.28. The molecule has 1 unspecified atom stereocenters. The summed E-state index contributed by atoms with van der Waals surface area (Å²) < 4.78 is 0. The summed E-state index contributed by atoms with van der Waals surface area (Å²) in [6.07, 6.45) is 0.964. The molecule has 1 aliphatic heterocycles. The minimum atomic E-state index is -1.20. The van der Waals surface area contributed by atoms with Crippen LogP contribution in [0.1, 0.15) is 12.5 Å². The van der Waals surface area contributed by atoms with Crippen LogP contribution in [0.3, 0.4) is 0 Å². The fourth-order valence-electron chi connectivity index (χ4n) is 2.03. The van der Waals surface area contributed by atoms with Crippen molar-refractivity contribution in [1.82, 2.24) is 0 Å². The average Bonchev–Trinajstić information content (AvgIpc) is 2.61. The summed E-state index contributed by atoms with van der Waals surface area (Å²) in [5, 5.41) is 9.00. The summed E-state index contributed by atoms with van der Waals surface area (Å²) in [5.41, 5.74) is 6.94. The number of para-hydroxylation sites is 1. The third-order valence-corrected chi connectivity index (χ3v) is 2.99. The molecule has 0 bridgehead atoms. The molecule has 86 valence electrons. The molecule has 0 radical (unpaired) electrons. The average molecular weight is 220 g/mol. The van der Waals surface area contributed by atoms with E-state index in [1.807, 2.05) is 23.1 Å². The number of carbonyl (C=O) groups is 1. The van der Waals surface area contributed by atoms with Crippen LogP contribution >= 0.6 is 0 Å². The Kier molecular flexibility index (Phi) is 2.59. The first-order valence-electron chi connectivity index (χ1n) is 5.36. The van der Waals surface area contributed by atoms with Crippen LogP contribution in [0, 0.1) is 0 Å². The maximum Gasteiger partial charge on any atom is 0.325 e. The van der Waals surface area contributed by atoms with Gasteiger partial charge in [-0.1, -0.05) is 18.2 Å². The molecular weight excluding hydrogens is 204 g/mol. The Morgan fingerprint density at radius 1 is 1.56 bits per heavy atom. The number of carboxylic acids is 1. The predicted octanol–water partition coefficient (Wildman–Crippen LogP) is 0.851. The van der Waals surface area contributed by atoms with Crippen molar-refractivity contribution in [2.75, 3.05) is 18.0 Å². The van der Waals surface area contributed by atoms with Crippen LogP contribution in [0.25, 0.3) is 0 Å². The summed E-state index contributed by atoms with van der Waals surface area (Å²) in [7, 11) is 0. The van der Waals surface area contributed by atoms with E-state index in [0.29, 0.717) is 6.54 Å². The lowest BCUT2D eigenvalue weighted by atomic mass is 10.0. The highest BCUT2D eigenvalue weighted by molar-refractivity contribution is 5.79. The topological polar surface area (TPSA) is 66.6 Å². The largest absolute Gasteiger partial charge is 0.480 e. The lowest BCUT2D eigenvalue weighted by molar-refractivity contribution is -0.142. The van der Waals surface area contributed by atoms with Crippen molar-refractivity contribution in [3.8, 4) is 0 Å². The molecule has 4 nitrogen and oxygen atoms in total. The van der Waals surface area contributed by atoms with Crippen LogP contribution in [0.4, 0.5) is 5.69 Å². The zero-order chi connectivity index (χ0) is 11.8. The van der Waals surface area contributed by atoms with E-state index in [1.54, 1.807) is 6.92 Å². The number of benzene rings is 1. The summed E-state index contributed by atoms with van der Waals surface area (Å²) >= 11 is 0. The minimum Gasteiger partial charge on any atom is -0.480 e. The van der Waals surface area contributed by atoms with E-state index >= 15 is 0 Å². The van der Waals surface area contributed by atoms with Crippen LogP contribution in [0.15, 0.2) is 24.3 Å². The Hall–Kier alpha value is -1.55. The van der Waals surface area contributed by atoms with Crippen molar-refractivity contribution >= 4 is 11.7 Å². The van der Waals surface area contributed by atoms with Crippen molar-refractivity contribution in [2.24, 2.45) is 5.73 Å². The Morgan fingerprint density at radius 2 is 2.25 bits per heavy atom. The molecular formula is C12H16N2O2. The molecule has 2 rings (SSSR count). The molecule has 0 aromatic heterocycles. The number of rotatable bonds is 3. The Morgan fingerprint density at radius 3 is 2.94 bits per heavy atom. The van der Waals surface area contributed by atoms with Gasteiger partial charge < -0.3 is 15.7 Å². The molecule has 16 heavy (non-hydrogen) atoms. The first-order valence-corrected chi connectivity index (χ1v) is 5.36. The first-order chi connectivity index (χ1) is 7.50. The first kappa shape index (κ1) is 11.0. The molecule has 1 heterocycles. The van der Waals surface area contributed by atoms with E-state index in [0.717, 1.165) is 18.7 Å². The highest BCUT2D eigenvalue weighted by atomic mass is 16.4. The molecule has 0 saturated heterocycles. The molecule has 0 aliphatic carbocycles. The normalized spacial score (nSPS) is 18.0. The fraction of sp³-hybridized carbons (Fsp3) is 0.417. The van der Waals surface area contributed by atoms with Crippen LogP contribution in [0.5, 0.6) is 0 Å². The maximum absolute atomic E-state index is 11.0. The van der Waals surface area contributed by atoms with Crippen LogP contribution in [-0.2, 0) is 11.2 Å². The van der Waals surface area contributed by atoms with E-state index in [9.17, 15) is 4.79 Å². The zero-order valence-corrected chi connectivity index (χ0v) is 9.31. The van der Waals surface area contributed by atoms with Crippen molar-refractivity contribution in [1.29, 1.82) is 0 Å². The Labute approximate surface area is 94.7 Å². The van der Waals surface area contributed by atoms with Gasteiger partial charge in [0, 0.05) is 18.8 Å². The van der Waals surface area contributed by atoms with Crippen LogP contribution < -0.4 is 10.6 Å². The van der Waals surface area contributed by atoms with Crippen molar-refractivity contribution in [3.63, 3.8) is 0 Å². The SMILES string of the molecule is CC(N)(CN1CCc2ccccc21)C(=O)O. The van der Waals surface area contributed by atoms with Crippen LogP contribution in [0.2, 0.25) is 0 Å². The van der Waals surface area contributed by atoms with Gasteiger partial charge in [-0.2, -0.15) is 0 Å². The van der Waals surface area contributed by atoms with E-state index in [2.05, 4.69) is 6.07 Å². The van der Waals surface area contributed by atoms with E-state index in [4.69, 9.17) is 10.8 Å². The standard InChI is InChI=1S/C12H16N2O2/c1-12(13,11(15)16)8-14-7-6-9-4-2-3-5-10(9)14/h2-5H,6-8,13H2,1H3,(H,15,16). The van der Waals surface area contributed by atoms with Gasteiger partial charge in [0.15, 0.2) is 0 Å². The molecule has 4 heteroatoms. The summed E-state index contributed by atoms with van der Waals surface area (Å²) in [4.78, 5) is 13.0. The van der Waals surface area contributed by atoms with Crippen molar-refractivity contribution in [2.45, 2.75) is 18.9 Å². The minimum absolute atomic E-state index is 0.347. The van der Waals surface area contributed by atoms with Gasteiger partial charge in [-0.25, -0.2) is 0 Å². The number of anilines is 1. The van der Waals surface area contributed by atoms with E-state index < -0.39 is 11.5 Å². The van der Waals surface area contributed by atoms with E-state index in [1.165, 1.54) is 5.56 Å². The number of hydrogen-bond donors (Lipinski definition) is 2. The molecule has 1 aromatic carbocycles. The number of carboxylic acid groups (broad SMARTS) is 1. The fourth-order valence-corrected chi connectivity index (χ4v) is 2.03. The number of nitrogens with zero attached hydrogens (tertiary/aromatic N) is 1. The predicted molar refractivity (Wildman–Crippen MR) is 62.6 cm³/mol. The van der Waals surface area contributed by atoms with Gasteiger partial charge in [-0.3, -0.25) is 4.79 Å². The summed E-state index contributed by atoms with van der Waals surface area (Å²) in [6, 6.07) is 8.05. The van der Waals surface area contributed by atoms with Gasteiger partial charge in [0.25, 0.3) is 0 Å². The van der Waals surface area contributed by atoms with Gasteiger partial charge in [0.2, 0.25) is 0 Å². The lowest BCUT2D eigenvalue weighted by Crippen LogP contribution is -2.53. The molecule has 0 spiro atoms. The monoisotopic (exact) mass is 220 g/mol. The Balaban J connectivity index is 2.18. The third-order valence-electron chi connectivity index (χ3n) is 2.99. The number of hydrogen-bond acceptors (Lipinski definition) is 3. The third kappa shape index (κ3) is 1.88. The molecule has 1 aromatic rings. The molecule has 0 saturated carbocycles. The number of nitrogens with two attached hydrogens (primary N) is 1. The summed E-state index contributed by atoms with van der Waals surface area (Å²) in [5.74, 6) is -0.961. The Bertz CT molecular complexity index is 415. The number of aliphatic carboxylic acids is 1. The number of fused-ring (bicyclic) bond motifs is 1. The van der Waals surface area contributed by atoms with Crippen molar-refractivity contribution in [3.05, 3.63) is 29.8 Å². The summed E-state index contributed by atoms with van der Waals surface area (Å²) in [6.45, 7) is 2.75. The quantitative estimate of drug-likeness (QED) is 0.792. The molecule has 0 fully saturated rings. The zero-order valence-electron chi connectivity index (χ0n) is 9.31. The molecule has 3 N–H and O–H groups in total. The highest BCUT2D eigenvalue weighted by Gasteiger charge is 2.32. The van der Waals surface area contributed by atoms with Crippen molar-refractivity contribution < 1.29 is 9.90 Å². The van der Waals surface area contributed by atoms with Gasteiger partial charge >= 0.3 is 5.97 Å². The second kappa shape index (κ2) is 3.79. The van der Waals surface area contributed by atoms with Gasteiger partial charge in [-0.05, 0) is 25.0 Å². The van der Waals surface area contributed by atoms with Gasteiger partial charge in [-0.15, -0.1) is 0 Å². The molecule has 0 amide bonds. The molecule has 1 atom stereocenters. The second-order valence-electron chi connectivity index (χ2n) is 4.52. The smallest absolute Gasteiger partial charge is 0.325 e.